The molecule has 1 unspecified atom stereocenters. The molecule has 70 heavy (non-hydrogen) atoms. The zero-order valence-corrected chi connectivity index (χ0v) is 46.3. The number of esters is 3. The zero-order valence-electron chi connectivity index (χ0n) is 46.3. The third kappa shape index (κ3) is 55.8. The van der Waals surface area contributed by atoms with Crippen LogP contribution >= 0.6 is 0 Å². The molecule has 404 valence electrons. The van der Waals surface area contributed by atoms with E-state index in [9.17, 15) is 14.4 Å². The third-order valence-corrected chi connectivity index (χ3v) is 12.9. The first-order valence-corrected chi connectivity index (χ1v) is 29.9. The smallest absolute Gasteiger partial charge is 0.306 e. The second-order valence-corrected chi connectivity index (χ2v) is 19.9. The third-order valence-electron chi connectivity index (χ3n) is 12.9. The van der Waals surface area contributed by atoms with E-state index in [1.54, 1.807) is 0 Å². The first-order valence-electron chi connectivity index (χ1n) is 29.9. The molecule has 0 aliphatic carbocycles. The number of unbranched alkanes of at least 4 members (excludes halogenated alkanes) is 31. The van der Waals surface area contributed by atoms with E-state index in [0.29, 0.717) is 19.3 Å². The van der Waals surface area contributed by atoms with Crippen LogP contribution < -0.4 is 0 Å². The Bertz CT molecular complexity index is 1310. The van der Waals surface area contributed by atoms with Gasteiger partial charge in [-0.25, -0.2) is 0 Å². The van der Waals surface area contributed by atoms with Crippen LogP contribution in [-0.4, -0.2) is 37.2 Å². The van der Waals surface area contributed by atoms with Gasteiger partial charge in [0.1, 0.15) is 13.2 Å². The van der Waals surface area contributed by atoms with Gasteiger partial charge in [-0.05, 0) is 103 Å². The minimum atomic E-state index is -0.789. The fourth-order valence-corrected chi connectivity index (χ4v) is 8.35. The molecule has 0 spiro atoms. The van der Waals surface area contributed by atoms with E-state index < -0.39 is 6.10 Å². The monoisotopic (exact) mass is 977 g/mol. The highest BCUT2D eigenvalue weighted by molar-refractivity contribution is 5.71. The highest BCUT2D eigenvalue weighted by Crippen LogP contribution is 2.16. The molecule has 6 nitrogen and oxygen atoms in total. The summed E-state index contributed by atoms with van der Waals surface area (Å²) in [6, 6.07) is 0. The van der Waals surface area contributed by atoms with Gasteiger partial charge in [-0.3, -0.25) is 14.4 Å². The van der Waals surface area contributed by atoms with E-state index in [1.807, 2.05) is 0 Å². The lowest BCUT2D eigenvalue weighted by molar-refractivity contribution is -0.167. The second-order valence-electron chi connectivity index (χ2n) is 19.9. The van der Waals surface area contributed by atoms with E-state index in [0.717, 1.165) is 122 Å². The highest BCUT2D eigenvalue weighted by atomic mass is 16.6. The maximum atomic E-state index is 12.8. The molecule has 6 heteroatoms. The Kier molecular flexibility index (Phi) is 55.8. The normalized spacial score (nSPS) is 12.6. The van der Waals surface area contributed by atoms with Crippen molar-refractivity contribution in [3.8, 4) is 0 Å². The number of hydrogen-bond acceptors (Lipinski definition) is 6. The van der Waals surface area contributed by atoms with Crippen molar-refractivity contribution in [3.63, 3.8) is 0 Å². The van der Waals surface area contributed by atoms with Gasteiger partial charge in [0.25, 0.3) is 0 Å². The number of rotatable bonds is 54. The van der Waals surface area contributed by atoms with Crippen molar-refractivity contribution in [2.45, 2.75) is 303 Å². The van der Waals surface area contributed by atoms with Gasteiger partial charge in [0.2, 0.25) is 0 Å². The van der Waals surface area contributed by atoms with E-state index >= 15 is 0 Å². The Morgan fingerprint density at radius 2 is 0.557 bits per heavy atom. The fraction of sp³-hybridized carbons (Fsp3) is 0.766. The summed E-state index contributed by atoms with van der Waals surface area (Å²) in [7, 11) is 0. The van der Waals surface area contributed by atoms with Crippen LogP contribution in [0.1, 0.15) is 297 Å². The van der Waals surface area contributed by atoms with E-state index in [4.69, 9.17) is 14.2 Å². The first-order chi connectivity index (χ1) is 34.5. The van der Waals surface area contributed by atoms with E-state index in [1.165, 1.54) is 135 Å². The van der Waals surface area contributed by atoms with Gasteiger partial charge in [0.05, 0.1) is 0 Å². The van der Waals surface area contributed by atoms with Crippen LogP contribution in [0, 0.1) is 0 Å². The molecule has 0 saturated carbocycles. The fourth-order valence-electron chi connectivity index (χ4n) is 8.35. The summed E-state index contributed by atoms with van der Waals surface area (Å²) in [4.78, 5) is 38.1. The van der Waals surface area contributed by atoms with Crippen LogP contribution in [0.15, 0.2) is 72.9 Å². The molecule has 0 heterocycles. The summed E-state index contributed by atoms with van der Waals surface area (Å²) in [6.45, 7) is 6.52. The van der Waals surface area contributed by atoms with Crippen LogP contribution in [0.2, 0.25) is 0 Å². The number of hydrogen-bond donors (Lipinski definition) is 0. The number of carbonyl (C=O) groups excluding carboxylic acids is 3. The molecule has 0 N–H and O–H groups in total. The molecule has 0 rings (SSSR count). The summed E-state index contributed by atoms with van der Waals surface area (Å²) in [5.41, 5.74) is 0. The molecule has 0 fully saturated rings. The van der Waals surface area contributed by atoms with E-state index in [2.05, 4.69) is 93.7 Å². The largest absolute Gasteiger partial charge is 0.462 e. The van der Waals surface area contributed by atoms with Crippen molar-refractivity contribution >= 4 is 17.9 Å². The van der Waals surface area contributed by atoms with Crippen molar-refractivity contribution in [1.82, 2.24) is 0 Å². The second kappa shape index (κ2) is 58.4. The summed E-state index contributed by atoms with van der Waals surface area (Å²) >= 11 is 0. The molecule has 0 aliphatic rings. The van der Waals surface area contributed by atoms with E-state index in [-0.39, 0.29) is 31.1 Å². The predicted octanol–water partition coefficient (Wildman–Crippen LogP) is 20.2. The Morgan fingerprint density at radius 3 is 0.886 bits per heavy atom. The molecule has 0 aromatic rings. The molecule has 0 radical (unpaired) electrons. The topological polar surface area (TPSA) is 78.9 Å². The zero-order chi connectivity index (χ0) is 50.7. The average molecular weight is 978 g/mol. The number of ether oxygens (including phenoxy) is 3. The summed E-state index contributed by atoms with van der Waals surface area (Å²) < 4.78 is 16.8. The van der Waals surface area contributed by atoms with Gasteiger partial charge in [0.15, 0.2) is 6.10 Å². The average Bonchev–Trinajstić information content (AvgIpc) is 3.36. The van der Waals surface area contributed by atoms with Crippen molar-refractivity contribution in [2.75, 3.05) is 13.2 Å². The molecular weight excluding hydrogens is 865 g/mol. The van der Waals surface area contributed by atoms with Crippen LogP contribution in [-0.2, 0) is 28.6 Å². The van der Waals surface area contributed by atoms with Crippen LogP contribution in [0.5, 0.6) is 0 Å². The molecule has 0 amide bonds. The summed E-state index contributed by atoms with van der Waals surface area (Å²) in [5.74, 6) is -0.907. The summed E-state index contributed by atoms with van der Waals surface area (Å²) in [5, 5.41) is 0. The Hall–Kier alpha value is -3.15. The molecule has 1 atom stereocenters. The molecule has 0 aliphatic heterocycles. The quantitative estimate of drug-likeness (QED) is 0.0261. The standard InChI is InChI=1S/C64H112O6/c1-4-7-10-13-16-19-22-25-27-28-29-30-31-32-33-34-35-36-37-40-42-45-48-51-54-57-63(66)69-60-61(59-68-62(65)56-53-50-47-44-41-38-24-21-18-15-12-9-6-3)70-64(67)58-55-52-49-46-43-39-26-23-20-17-14-11-8-5-2/h12,14-15,17,21-26,28-29,61H,4-11,13,16,18-20,27,30-60H2,1-3H3/b15-12-,17-14-,24-21-,25-22-,26-23-,29-28-. The van der Waals surface area contributed by atoms with Gasteiger partial charge >= 0.3 is 17.9 Å². The lowest BCUT2D eigenvalue weighted by atomic mass is 10.0. The van der Waals surface area contributed by atoms with Gasteiger partial charge in [-0.2, -0.15) is 0 Å². The maximum absolute atomic E-state index is 12.8. The Labute approximate surface area is 433 Å². The predicted molar refractivity (Wildman–Crippen MR) is 302 cm³/mol. The minimum Gasteiger partial charge on any atom is -0.462 e. The summed E-state index contributed by atoms with van der Waals surface area (Å²) in [6.07, 6.45) is 74.7. The van der Waals surface area contributed by atoms with Gasteiger partial charge < -0.3 is 14.2 Å². The molecular formula is C64H112O6. The number of allylic oxidation sites excluding steroid dienone is 12. The van der Waals surface area contributed by atoms with Crippen LogP contribution in [0.3, 0.4) is 0 Å². The molecule has 0 saturated heterocycles. The van der Waals surface area contributed by atoms with Gasteiger partial charge in [-0.1, -0.05) is 248 Å². The Morgan fingerprint density at radius 1 is 0.286 bits per heavy atom. The minimum absolute atomic E-state index is 0.0852. The van der Waals surface area contributed by atoms with Crippen molar-refractivity contribution in [2.24, 2.45) is 0 Å². The molecule has 0 aromatic heterocycles. The van der Waals surface area contributed by atoms with Gasteiger partial charge in [0, 0.05) is 19.3 Å². The van der Waals surface area contributed by atoms with Crippen LogP contribution in [0.25, 0.3) is 0 Å². The lowest BCUT2D eigenvalue weighted by Gasteiger charge is -2.18. The molecule has 0 bridgehead atoms. The Balaban J connectivity index is 4.27. The van der Waals surface area contributed by atoms with Crippen molar-refractivity contribution in [3.05, 3.63) is 72.9 Å². The van der Waals surface area contributed by atoms with Gasteiger partial charge in [-0.15, -0.1) is 0 Å². The molecule has 0 aromatic carbocycles. The van der Waals surface area contributed by atoms with Crippen LogP contribution in [0.4, 0.5) is 0 Å². The SMILES string of the molecule is CCC/C=C\C/C=C\CCCCCCCC(=O)OCC(COC(=O)CCCCCCCCCCCCCCC/C=C\C/C=C\CCCCCCC)OC(=O)CCCCCCC/C=C\C/C=C\CCCC. The lowest BCUT2D eigenvalue weighted by Crippen LogP contribution is -2.30. The van der Waals surface area contributed by atoms with Crippen molar-refractivity contribution < 1.29 is 28.6 Å². The van der Waals surface area contributed by atoms with Crippen molar-refractivity contribution in [1.29, 1.82) is 0 Å². The number of carbonyl (C=O) groups is 3. The maximum Gasteiger partial charge on any atom is 0.306 e. The first kappa shape index (κ1) is 66.9. The highest BCUT2D eigenvalue weighted by Gasteiger charge is 2.19.